The highest BCUT2D eigenvalue weighted by Crippen LogP contribution is 2.28. The summed E-state index contributed by atoms with van der Waals surface area (Å²) in [4.78, 5) is 24.3. The zero-order valence-electron chi connectivity index (χ0n) is 16.7. The summed E-state index contributed by atoms with van der Waals surface area (Å²) < 4.78 is 10.6. The fourth-order valence-corrected chi connectivity index (χ4v) is 2.96. The highest BCUT2D eigenvalue weighted by Gasteiger charge is 2.16. The van der Waals surface area contributed by atoms with Crippen molar-refractivity contribution in [3.05, 3.63) is 82.2 Å². The fraction of sp³-hybridized carbons (Fsp3) is 0.136. The summed E-state index contributed by atoms with van der Waals surface area (Å²) in [5, 5.41) is 7.62. The van der Waals surface area contributed by atoms with Crippen LogP contribution in [0.4, 0.5) is 5.69 Å². The van der Waals surface area contributed by atoms with Crippen molar-refractivity contribution < 1.29 is 18.7 Å². The number of carbonyl (C=O) groups excluding carboxylic acids is 2. The number of hydrogen-bond donors (Lipinski definition) is 2. The average Bonchev–Trinajstić information content (AvgIpc) is 3.29. The molecule has 1 heterocycles. The van der Waals surface area contributed by atoms with Gasteiger partial charge in [0.05, 0.1) is 17.0 Å². The number of anilines is 1. The minimum absolute atomic E-state index is 0.223. The number of ether oxygens (including phenoxy) is 1. The largest absolute Gasteiger partial charge is 0.479 e. The topological polar surface area (TPSA) is 92.9 Å². The van der Waals surface area contributed by atoms with Gasteiger partial charge in [-0.15, -0.1) is 0 Å². The van der Waals surface area contributed by atoms with Crippen LogP contribution in [0.15, 0.2) is 70.4 Å². The van der Waals surface area contributed by atoms with Gasteiger partial charge in [-0.2, -0.15) is 5.10 Å². The van der Waals surface area contributed by atoms with Gasteiger partial charge < -0.3 is 14.5 Å². The van der Waals surface area contributed by atoms with E-state index in [1.807, 2.05) is 0 Å². The third kappa shape index (κ3) is 6.10. The molecule has 160 valence electrons. The molecule has 1 unspecified atom stereocenters. The molecule has 1 atom stereocenters. The highest BCUT2D eigenvalue weighted by atomic mass is 35.5. The summed E-state index contributed by atoms with van der Waals surface area (Å²) in [7, 11) is 0. The van der Waals surface area contributed by atoms with Crippen LogP contribution in [-0.4, -0.2) is 23.6 Å². The van der Waals surface area contributed by atoms with Crippen LogP contribution >= 0.6 is 23.2 Å². The van der Waals surface area contributed by atoms with E-state index in [4.69, 9.17) is 32.4 Å². The Hall–Kier alpha value is -3.29. The smallest absolute Gasteiger partial charge is 0.291 e. The molecule has 1 aromatic heterocycles. The maximum atomic E-state index is 12.3. The van der Waals surface area contributed by atoms with Gasteiger partial charge in [0.25, 0.3) is 11.8 Å². The maximum Gasteiger partial charge on any atom is 0.291 e. The van der Waals surface area contributed by atoms with Gasteiger partial charge >= 0.3 is 0 Å². The normalized spacial score (nSPS) is 12.2. The first-order valence-corrected chi connectivity index (χ1v) is 10.00. The molecule has 0 aliphatic carbocycles. The van der Waals surface area contributed by atoms with Crippen LogP contribution < -0.4 is 15.5 Å². The van der Waals surface area contributed by atoms with Crippen molar-refractivity contribution >= 4 is 46.4 Å². The molecule has 0 bridgehead atoms. The molecule has 7 nitrogen and oxygen atoms in total. The van der Waals surface area contributed by atoms with Crippen molar-refractivity contribution in [3.63, 3.8) is 0 Å². The number of benzene rings is 2. The molecule has 2 aromatic carbocycles. The molecule has 0 spiro atoms. The molecule has 0 saturated heterocycles. The Kier molecular flexibility index (Phi) is 7.33. The van der Waals surface area contributed by atoms with Crippen LogP contribution in [0.1, 0.15) is 30.0 Å². The van der Waals surface area contributed by atoms with Crippen LogP contribution in [0, 0.1) is 0 Å². The molecule has 0 fully saturated rings. The number of nitrogens with zero attached hydrogens (tertiary/aromatic N) is 1. The first kappa shape index (κ1) is 22.4. The number of hydrazone groups is 1. The lowest BCUT2D eigenvalue weighted by molar-refractivity contribution is -0.127. The second kappa shape index (κ2) is 10.1. The van der Waals surface area contributed by atoms with Gasteiger partial charge in [-0.05, 0) is 61.9 Å². The Morgan fingerprint density at radius 1 is 1.10 bits per heavy atom. The lowest BCUT2D eigenvalue weighted by Crippen LogP contribution is -2.34. The number of amides is 2. The number of carbonyl (C=O) groups is 2. The van der Waals surface area contributed by atoms with Crippen molar-refractivity contribution in [2.75, 3.05) is 5.32 Å². The third-order valence-electron chi connectivity index (χ3n) is 4.21. The van der Waals surface area contributed by atoms with Gasteiger partial charge in [0, 0.05) is 10.7 Å². The number of furan rings is 1. The van der Waals surface area contributed by atoms with Crippen molar-refractivity contribution in [1.29, 1.82) is 0 Å². The molecule has 31 heavy (non-hydrogen) atoms. The molecular formula is C22H19Cl2N3O4. The minimum Gasteiger partial charge on any atom is -0.479 e. The summed E-state index contributed by atoms with van der Waals surface area (Å²) >= 11 is 11.9. The zero-order valence-corrected chi connectivity index (χ0v) is 18.2. The van der Waals surface area contributed by atoms with E-state index in [1.165, 1.54) is 12.3 Å². The van der Waals surface area contributed by atoms with E-state index >= 15 is 0 Å². The number of halogens is 2. The number of hydrogen-bond acceptors (Lipinski definition) is 5. The maximum absolute atomic E-state index is 12.3. The summed E-state index contributed by atoms with van der Waals surface area (Å²) in [5.74, 6) is -0.208. The Labute approximate surface area is 189 Å². The van der Waals surface area contributed by atoms with Crippen LogP contribution in [0.25, 0.3) is 0 Å². The van der Waals surface area contributed by atoms with E-state index in [9.17, 15) is 9.59 Å². The SMILES string of the molecule is C/C(=N\NC(=O)C(C)Oc1ccc(Cl)cc1Cl)c1ccc(NC(=O)c2ccco2)cc1. The van der Waals surface area contributed by atoms with E-state index < -0.39 is 12.0 Å². The second-order valence-electron chi connectivity index (χ2n) is 6.52. The van der Waals surface area contributed by atoms with Crippen molar-refractivity contribution in [2.24, 2.45) is 5.10 Å². The molecule has 3 aromatic rings. The van der Waals surface area contributed by atoms with E-state index in [0.717, 1.165) is 5.56 Å². The predicted molar refractivity (Wildman–Crippen MR) is 120 cm³/mol. The Morgan fingerprint density at radius 2 is 1.84 bits per heavy atom. The summed E-state index contributed by atoms with van der Waals surface area (Å²) in [5.41, 5.74) is 4.42. The van der Waals surface area contributed by atoms with Crippen LogP contribution in [0.3, 0.4) is 0 Å². The lowest BCUT2D eigenvalue weighted by Gasteiger charge is -2.14. The molecule has 0 aliphatic heterocycles. The standard InChI is InChI=1S/C22H19Cl2N3O4/c1-13(15-5-8-17(9-6-15)25-22(29)20-4-3-11-30-20)26-27-21(28)14(2)31-19-10-7-16(23)12-18(19)24/h3-12,14H,1-2H3,(H,25,29)(H,27,28)/b26-13+. The second-order valence-corrected chi connectivity index (χ2v) is 7.36. The van der Waals surface area contributed by atoms with Gasteiger partial charge in [0.15, 0.2) is 11.9 Å². The van der Waals surface area contributed by atoms with Crippen LogP contribution in [0.5, 0.6) is 5.75 Å². The Bertz CT molecular complexity index is 1100. The fourth-order valence-electron chi connectivity index (χ4n) is 2.50. The average molecular weight is 460 g/mol. The zero-order chi connectivity index (χ0) is 22.4. The van der Waals surface area contributed by atoms with E-state index in [-0.39, 0.29) is 11.7 Å². The van der Waals surface area contributed by atoms with Crippen LogP contribution in [0.2, 0.25) is 10.0 Å². The van der Waals surface area contributed by atoms with Crippen LogP contribution in [-0.2, 0) is 4.79 Å². The summed E-state index contributed by atoms with van der Waals surface area (Å²) in [6.45, 7) is 3.33. The van der Waals surface area contributed by atoms with E-state index in [0.29, 0.717) is 27.2 Å². The van der Waals surface area contributed by atoms with Gasteiger partial charge in [0.2, 0.25) is 0 Å². The van der Waals surface area contributed by atoms with E-state index in [1.54, 1.807) is 62.4 Å². The van der Waals surface area contributed by atoms with Gasteiger partial charge in [0.1, 0.15) is 5.75 Å². The van der Waals surface area contributed by atoms with Crippen molar-refractivity contribution in [1.82, 2.24) is 5.43 Å². The summed E-state index contributed by atoms with van der Waals surface area (Å²) in [6, 6.07) is 15.0. The summed E-state index contributed by atoms with van der Waals surface area (Å²) in [6.07, 6.45) is 0.608. The molecular weight excluding hydrogens is 441 g/mol. The first-order valence-electron chi connectivity index (χ1n) is 9.24. The first-order chi connectivity index (χ1) is 14.8. The molecule has 2 N–H and O–H groups in total. The lowest BCUT2D eigenvalue weighted by atomic mass is 10.1. The predicted octanol–water partition coefficient (Wildman–Crippen LogP) is 5.15. The number of nitrogens with one attached hydrogen (secondary N) is 2. The Morgan fingerprint density at radius 3 is 2.48 bits per heavy atom. The van der Waals surface area contributed by atoms with Crippen molar-refractivity contribution in [3.8, 4) is 5.75 Å². The minimum atomic E-state index is -0.825. The van der Waals surface area contributed by atoms with Gasteiger partial charge in [-0.1, -0.05) is 35.3 Å². The quantitative estimate of drug-likeness (QED) is 0.377. The monoisotopic (exact) mass is 459 g/mol. The third-order valence-corrected chi connectivity index (χ3v) is 4.74. The molecule has 3 rings (SSSR count). The molecule has 0 saturated carbocycles. The van der Waals surface area contributed by atoms with Gasteiger partial charge in [-0.25, -0.2) is 5.43 Å². The Balaban J connectivity index is 1.56. The van der Waals surface area contributed by atoms with E-state index in [2.05, 4.69) is 15.8 Å². The van der Waals surface area contributed by atoms with Crippen molar-refractivity contribution in [2.45, 2.75) is 20.0 Å². The molecule has 9 heteroatoms. The molecule has 2 amide bonds. The molecule has 0 radical (unpaired) electrons. The number of rotatable bonds is 7. The van der Waals surface area contributed by atoms with Gasteiger partial charge in [-0.3, -0.25) is 9.59 Å². The molecule has 0 aliphatic rings. The highest BCUT2D eigenvalue weighted by molar-refractivity contribution is 6.35.